The largest absolute Gasteiger partial charge is 0.340 e. The Labute approximate surface area is 202 Å². The zero-order valence-electron chi connectivity index (χ0n) is 20.0. The van der Waals surface area contributed by atoms with Gasteiger partial charge in [-0.15, -0.1) is 0 Å². The molecule has 3 aromatic carbocycles. The maximum atomic E-state index is 13.2. The Morgan fingerprint density at radius 3 is 1.97 bits per heavy atom. The third kappa shape index (κ3) is 5.91. The van der Waals surface area contributed by atoms with Crippen LogP contribution in [0.3, 0.4) is 0 Å². The highest BCUT2D eigenvalue weighted by atomic mass is 16.2. The van der Waals surface area contributed by atoms with E-state index in [2.05, 4.69) is 34.5 Å². The van der Waals surface area contributed by atoms with E-state index < -0.39 is 0 Å². The Morgan fingerprint density at radius 2 is 1.38 bits per heavy atom. The second-order valence-electron chi connectivity index (χ2n) is 9.03. The molecule has 0 radical (unpaired) electrons. The number of hydrogen-bond acceptors (Lipinski definition) is 3. The molecule has 176 valence electrons. The van der Waals surface area contributed by atoms with Crippen molar-refractivity contribution >= 4 is 17.5 Å². The Hall–Kier alpha value is -3.44. The summed E-state index contributed by atoms with van der Waals surface area (Å²) in [7, 11) is 0. The lowest BCUT2D eigenvalue weighted by Gasteiger charge is -2.35. The third-order valence-electron chi connectivity index (χ3n) is 6.75. The van der Waals surface area contributed by atoms with Crippen LogP contribution in [0.2, 0.25) is 0 Å². The summed E-state index contributed by atoms with van der Waals surface area (Å²) in [5, 5.41) is 3.03. The van der Waals surface area contributed by atoms with Gasteiger partial charge in [0.2, 0.25) is 11.8 Å². The smallest absolute Gasteiger partial charge is 0.238 e. The quantitative estimate of drug-likeness (QED) is 0.566. The van der Waals surface area contributed by atoms with Gasteiger partial charge in [0.05, 0.1) is 6.54 Å². The van der Waals surface area contributed by atoms with Crippen molar-refractivity contribution in [2.75, 3.05) is 38.0 Å². The highest BCUT2D eigenvalue weighted by Crippen LogP contribution is 2.28. The van der Waals surface area contributed by atoms with Crippen molar-refractivity contribution in [3.63, 3.8) is 0 Å². The first-order valence-corrected chi connectivity index (χ1v) is 12.0. The highest BCUT2D eigenvalue weighted by molar-refractivity contribution is 5.93. The molecule has 0 aromatic heterocycles. The number of hydrogen-bond donors (Lipinski definition) is 1. The fourth-order valence-corrected chi connectivity index (χ4v) is 4.54. The highest BCUT2D eigenvalue weighted by Gasteiger charge is 2.26. The monoisotopic (exact) mass is 455 g/mol. The summed E-state index contributed by atoms with van der Waals surface area (Å²) < 4.78 is 0. The molecule has 0 atom stereocenters. The average molecular weight is 456 g/mol. The minimum Gasteiger partial charge on any atom is -0.340 e. The number of rotatable bonds is 7. The minimum absolute atomic E-state index is 0.0123. The third-order valence-corrected chi connectivity index (χ3v) is 6.75. The van der Waals surface area contributed by atoms with Crippen molar-refractivity contribution in [3.8, 4) is 0 Å². The molecule has 0 spiro atoms. The molecule has 1 saturated heterocycles. The van der Waals surface area contributed by atoms with Crippen LogP contribution in [0.15, 0.2) is 78.9 Å². The Balaban J connectivity index is 1.32. The van der Waals surface area contributed by atoms with E-state index in [-0.39, 0.29) is 17.7 Å². The lowest BCUT2D eigenvalue weighted by atomic mass is 9.88. The van der Waals surface area contributed by atoms with Crippen LogP contribution in [0.25, 0.3) is 0 Å². The summed E-state index contributed by atoms with van der Waals surface area (Å²) in [6.07, 6.45) is 0.446. The Morgan fingerprint density at radius 1 is 0.794 bits per heavy atom. The van der Waals surface area contributed by atoms with Crippen LogP contribution in [0.4, 0.5) is 5.69 Å². The standard InChI is InChI=1S/C29H33N3O2/c1-22-10-9-15-27(23(22)2)30-28(33)21-31-16-18-32(19-17-31)29(34)20-26(24-11-5-3-6-12-24)25-13-7-4-8-14-25/h3-15,26H,16-21H2,1-2H3,(H,30,33). The summed E-state index contributed by atoms with van der Waals surface area (Å²) in [6.45, 7) is 7.10. The van der Waals surface area contributed by atoms with Crippen LogP contribution in [0, 0.1) is 13.8 Å². The summed E-state index contributed by atoms with van der Waals surface area (Å²) in [6, 6.07) is 26.4. The molecule has 1 aliphatic rings. The molecular weight excluding hydrogens is 422 g/mol. The van der Waals surface area contributed by atoms with Crippen molar-refractivity contribution in [1.82, 2.24) is 9.80 Å². The van der Waals surface area contributed by atoms with Gasteiger partial charge in [0, 0.05) is 44.2 Å². The number of carbonyl (C=O) groups is 2. The zero-order valence-corrected chi connectivity index (χ0v) is 20.0. The van der Waals surface area contributed by atoms with Gasteiger partial charge < -0.3 is 10.2 Å². The van der Waals surface area contributed by atoms with E-state index in [1.165, 1.54) is 0 Å². The molecule has 4 rings (SSSR count). The zero-order chi connectivity index (χ0) is 23.9. The number of aryl methyl sites for hydroxylation is 1. The second kappa shape index (κ2) is 11.1. The van der Waals surface area contributed by atoms with Crippen LogP contribution in [0.1, 0.15) is 34.6 Å². The maximum absolute atomic E-state index is 13.2. The SMILES string of the molecule is Cc1cccc(NC(=O)CN2CCN(C(=O)CC(c3ccccc3)c3ccccc3)CC2)c1C. The second-order valence-corrected chi connectivity index (χ2v) is 9.03. The first kappa shape index (κ1) is 23.7. The van der Waals surface area contributed by atoms with Crippen molar-refractivity contribution in [2.45, 2.75) is 26.2 Å². The van der Waals surface area contributed by atoms with Crippen LogP contribution in [-0.2, 0) is 9.59 Å². The molecule has 0 saturated carbocycles. The first-order chi connectivity index (χ1) is 16.5. The molecule has 1 fully saturated rings. The normalized spacial score (nSPS) is 14.3. The van der Waals surface area contributed by atoms with Crippen molar-refractivity contribution in [2.24, 2.45) is 0 Å². The number of nitrogens with zero attached hydrogens (tertiary/aromatic N) is 2. The Bertz CT molecular complexity index is 1070. The molecule has 0 aliphatic carbocycles. The molecule has 3 aromatic rings. The molecule has 5 heteroatoms. The predicted octanol–water partition coefficient (Wildman–Crippen LogP) is 4.61. The van der Waals surface area contributed by atoms with Gasteiger partial charge >= 0.3 is 0 Å². The molecular formula is C29H33N3O2. The van der Waals surface area contributed by atoms with Crippen molar-refractivity contribution in [3.05, 3.63) is 101 Å². The van der Waals surface area contributed by atoms with Gasteiger partial charge in [0.15, 0.2) is 0 Å². The van der Waals surface area contributed by atoms with Crippen molar-refractivity contribution in [1.29, 1.82) is 0 Å². The number of benzene rings is 3. The topological polar surface area (TPSA) is 52.7 Å². The summed E-state index contributed by atoms with van der Waals surface area (Å²) in [4.78, 5) is 29.9. The molecule has 1 heterocycles. The summed E-state index contributed by atoms with van der Waals surface area (Å²) >= 11 is 0. The van der Waals surface area contributed by atoms with E-state index >= 15 is 0 Å². The van der Waals surface area contributed by atoms with E-state index in [1.807, 2.05) is 73.3 Å². The lowest BCUT2D eigenvalue weighted by molar-refractivity contribution is -0.133. The summed E-state index contributed by atoms with van der Waals surface area (Å²) in [5.74, 6) is 0.190. The Kier molecular flexibility index (Phi) is 7.76. The molecule has 34 heavy (non-hydrogen) atoms. The van der Waals surface area contributed by atoms with Gasteiger partial charge in [-0.3, -0.25) is 14.5 Å². The fourth-order valence-electron chi connectivity index (χ4n) is 4.54. The number of piperazine rings is 1. The summed E-state index contributed by atoms with van der Waals surface area (Å²) in [5.41, 5.74) is 5.44. The molecule has 1 N–H and O–H groups in total. The minimum atomic E-state index is -0.0123. The van der Waals surface area contributed by atoms with E-state index in [0.29, 0.717) is 39.1 Å². The average Bonchev–Trinajstić information content (AvgIpc) is 2.86. The number of nitrogens with one attached hydrogen (secondary N) is 1. The van der Waals surface area contributed by atoms with Gasteiger partial charge in [-0.1, -0.05) is 72.8 Å². The van der Waals surface area contributed by atoms with E-state index in [1.54, 1.807) is 0 Å². The number of anilines is 1. The van der Waals surface area contributed by atoms with Gasteiger partial charge in [0.25, 0.3) is 0 Å². The van der Waals surface area contributed by atoms with Crippen molar-refractivity contribution < 1.29 is 9.59 Å². The lowest BCUT2D eigenvalue weighted by Crippen LogP contribution is -2.50. The van der Waals surface area contributed by atoms with Gasteiger partial charge in [-0.05, 0) is 42.2 Å². The predicted molar refractivity (Wildman–Crippen MR) is 137 cm³/mol. The first-order valence-electron chi connectivity index (χ1n) is 12.0. The van der Waals surface area contributed by atoms with E-state index in [4.69, 9.17) is 0 Å². The molecule has 1 aliphatic heterocycles. The molecule has 0 unspecified atom stereocenters. The van der Waals surface area contributed by atoms with Crippen LogP contribution < -0.4 is 5.32 Å². The van der Waals surface area contributed by atoms with E-state index in [9.17, 15) is 9.59 Å². The number of carbonyl (C=O) groups excluding carboxylic acids is 2. The van der Waals surface area contributed by atoms with E-state index in [0.717, 1.165) is 27.9 Å². The molecule has 0 bridgehead atoms. The molecule has 5 nitrogen and oxygen atoms in total. The van der Waals surface area contributed by atoms with Crippen LogP contribution in [0.5, 0.6) is 0 Å². The fraction of sp³-hybridized carbons (Fsp3) is 0.310. The van der Waals surface area contributed by atoms with Gasteiger partial charge in [0.1, 0.15) is 0 Å². The van der Waals surface area contributed by atoms with Crippen LogP contribution in [-0.4, -0.2) is 54.3 Å². The van der Waals surface area contributed by atoms with Crippen LogP contribution >= 0.6 is 0 Å². The van der Waals surface area contributed by atoms with Gasteiger partial charge in [-0.2, -0.15) is 0 Å². The molecule has 2 amide bonds. The number of amides is 2. The maximum Gasteiger partial charge on any atom is 0.238 e. The van der Waals surface area contributed by atoms with Gasteiger partial charge in [-0.25, -0.2) is 0 Å².